The molecule has 0 aliphatic carbocycles. The van der Waals surface area contributed by atoms with Crippen LogP contribution in [0.1, 0.15) is 10.4 Å². The first kappa shape index (κ1) is 9.26. The van der Waals surface area contributed by atoms with E-state index >= 15 is 0 Å². The fraction of sp³-hybridized carbons (Fsp3) is 0. The molecule has 15 heavy (non-hydrogen) atoms. The van der Waals surface area contributed by atoms with Crippen LogP contribution in [0.25, 0.3) is 11.3 Å². The van der Waals surface area contributed by atoms with E-state index in [4.69, 9.17) is 10.8 Å². The van der Waals surface area contributed by atoms with Crippen LogP contribution in [0.4, 0.5) is 5.82 Å². The number of nitrogens with one attached hydrogen (secondary N) is 1. The van der Waals surface area contributed by atoms with Crippen molar-refractivity contribution >= 4 is 12.1 Å². The Morgan fingerprint density at radius 1 is 1.33 bits per heavy atom. The quantitative estimate of drug-likeness (QED) is 0.639. The molecule has 0 aliphatic heterocycles. The van der Waals surface area contributed by atoms with Gasteiger partial charge in [-0.15, -0.1) is 0 Å². The fourth-order valence-electron chi connectivity index (χ4n) is 1.33. The molecule has 1 aromatic heterocycles. The number of aldehydes is 1. The van der Waals surface area contributed by atoms with Gasteiger partial charge in [0.15, 0.2) is 12.1 Å². The summed E-state index contributed by atoms with van der Waals surface area (Å²) in [7, 11) is 0. The molecule has 1 heterocycles. The van der Waals surface area contributed by atoms with Crippen molar-refractivity contribution in [2.75, 3.05) is 5.73 Å². The third kappa shape index (κ3) is 1.54. The van der Waals surface area contributed by atoms with E-state index in [1.807, 2.05) is 0 Å². The number of aromatic hydroxyl groups is 1. The van der Waals surface area contributed by atoms with Gasteiger partial charge < -0.3 is 10.8 Å². The first-order chi connectivity index (χ1) is 7.22. The maximum Gasteiger partial charge on any atom is 0.156 e. The fourth-order valence-corrected chi connectivity index (χ4v) is 1.33. The number of benzene rings is 1. The maximum atomic E-state index is 10.8. The zero-order valence-electron chi connectivity index (χ0n) is 7.77. The van der Waals surface area contributed by atoms with E-state index in [0.717, 1.165) is 5.56 Å². The van der Waals surface area contributed by atoms with Crippen molar-refractivity contribution in [3.63, 3.8) is 0 Å². The second-order valence-corrected chi connectivity index (χ2v) is 3.06. The number of carbonyl (C=O) groups excluding carboxylic acids is 1. The van der Waals surface area contributed by atoms with Crippen LogP contribution in [-0.2, 0) is 0 Å². The summed E-state index contributed by atoms with van der Waals surface area (Å²) in [4.78, 5) is 10.8. The van der Waals surface area contributed by atoms with Crippen LogP contribution in [0.15, 0.2) is 24.3 Å². The van der Waals surface area contributed by atoms with Gasteiger partial charge in [-0.05, 0) is 24.3 Å². The number of hydrogen-bond acceptors (Lipinski definition) is 4. The molecule has 0 fully saturated rings. The van der Waals surface area contributed by atoms with Crippen molar-refractivity contribution < 1.29 is 9.90 Å². The van der Waals surface area contributed by atoms with Crippen molar-refractivity contribution in [3.05, 3.63) is 29.8 Å². The number of phenols is 1. The molecular weight excluding hydrogens is 194 g/mol. The summed E-state index contributed by atoms with van der Waals surface area (Å²) in [6.07, 6.45) is 0.654. The molecule has 2 rings (SSSR count). The first-order valence-electron chi connectivity index (χ1n) is 4.31. The summed E-state index contributed by atoms with van der Waals surface area (Å²) in [5.74, 6) is 0.340. The molecule has 0 saturated carbocycles. The second-order valence-electron chi connectivity index (χ2n) is 3.06. The van der Waals surface area contributed by atoms with E-state index in [2.05, 4.69) is 10.2 Å². The Kier molecular flexibility index (Phi) is 2.13. The van der Waals surface area contributed by atoms with Crippen LogP contribution in [0.2, 0.25) is 0 Å². The van der Waals surface area contributed by atoms with E-state index in [-0.39, 0.29) is 11.6 Å². The average Bonchev–Trinajstić information content (AvgIpc) is 2.61. The first-order valence-corrected chi connectivity index (χ1v) is 4.31. The topological polar surface area (TPSA) is 92.0 Å². The predicted molar refractivity (Wildman–Crippen MR) is 55.5 cm³/mol. The minimum Gasteiger partial charge on any atom is -0.508 e. The van der Waals surface area contributed by atoms with E-state index in [1.165, 1.54) is 12.1 Å². The van der Waals surface area contributed by atoms with Gasteiger partial charge in [-0.2, -0.15) is 5.10 Å². The summed E-state index contributed by atoms with van der Waals surface area (Å²) in [5, 5.41) is 15.5. The number of aromatic nitrogens is 2. The molecule has 0 spiro atoms. The Morgan fingerprint density at radius 2 is 2.00 bits per heavy atom. The molecule has 1 aromatic carbocycles. The molecule has 0 bridgehead atoms. The van der Waals surface area contributed by atoms with Crippen LogP contribution < -0.4 is 5.73 Å². The predicted octanol–water partition coefficient (Wildman–Crippen LogP) is 1.18. The highest BCUT2D eigenvalue weighted by Gasteiger charge is 2.11. The van der Waals surface area contributed by atoms with Crippen LogP contribution in [0.3, 0.4) is 0 Å². The van der Waals surface area contributed by atoms with Crippen molar-refractivity contribution in [1.82, 2.24) is 10.2 Å². The van der Waals surface area contributed by atoms with Gasteiger partial charge >= 0.3 is 0 Å². The Hall–Kier alpha value is -2.30. The molecule has 4 N–H and O–H groups in total. The Morgan fingerprint density at radius 3 is 2.60 bits per heavy atom. The van der Waals surface area contributed by atoms with Gasteiger partial charge in [0.2, 0.25) is 0 Å². The van der Waals surface area contributed by atoms with Gasteiger partial charge in [-0.3, -0.25) is 9.89 Å². The smallest absolute Gasteiger partial charge is 0.156 e. The zero-order chi connectivity index (χ0) is 10.8. The molecule has 0 saturated heterocycles. The van der Waals surface area contributed by atoms with Crippen molar-refractivity contribution in [2.45, 2.75) is 0 Å². The number of rotatable bonds is 2. The molecule has 2 aromatic rings. The molecule has 76 valence electrons. The number of nitrogen functional groups attached to an aromatic ring is 1. The largest absolute Gasteiger partial charge is 0.508 e. The monoisotopic (exact) mass is 203 g/mol. The number of H-pyrrole nitrogens is 1. The standard InChI is InChI=1S/C10H9N3O2/c11-10-8(5-14)9(12-13-10)6-1-3-7(15)4-2-6/h1-5,15H,(H3,11,12,13). The summed E-state index contributed by atoms with van der Waals surface area (Å²) in [5.41, 5.74) is 7.14. The van der Waals surface area contributed by atoms with Crippen molar-refractivity contribution in [2.24, 2.45) is 0 Å². The average molecular weight is 203 g/mol. The van der Waals surface area contributed by atoms with Crippen LogP contribution >= 0.6 is 0 Å². The van der Waals surface area contributed by atoms with Gasteiger partial charge in [0.1, 0.15) is 5.75 Å². The SMILES string of the molecule is Nc1n[nH]c(-c2ccc(O)cc2)c1C=O. The Balaban J connectivity index is 2.53. The third-order valence-corrected chi connectivity index (χ3v) is 2.11. The van der Waals surface area contributed by atoms with E-state index in [1.54, 1.807) is 12.1 Å². The molecule has 0 unspecified atom stereocenters. The number of hydrogen-bond donors (Lipinski definition) is 3. The van der Waals surface area contributed by atoms with E-state index in [0.29, 0.717) is 17.5 Å². The summed E-state index contributed by atoms with van der Waals surface area (Å²) in [6, 6.07) is 6.41. The highest BCUT2D eigenvalue weighted by molar-refractivity contribution is 5.91. The van der Waals surface area contributed by atoms with Crippen LogP contribution in [0.5, 0.6) is 5.75 Å². The summed E-state index contributed by atoms with van der Waals surface area (Å²) >= 11 is 0. The van der Waals surface area contributed by atoms with Crippen LogP contribution in [-0.4, -0.2) is 21.6 Å². The molecule has 0 atom stereocenters. The molecule has 5 heteroatoms. The van der Waals surface area contributed by atoms with Gasteiger partial charge in [0.25, 0.3) is 0 Å². The van der Waals surface area contributed by atoms with Crippen LogP contribution in [0, 0.1) is 0 Å². The molecule has 0 aliphatic rings. The Bertz CT molecular complexity index is 488. The number of phenolic OH excluding ortho intramolecular Hbond substituents is 1. The number of nitrogens with two attached hydrogens (primary N) is 1. The summed E-state index contributed by atoms with van der Waals surface area (Å²) in [6.45, 7) is 0. The van der Waals surface area contributed by atoms with E-state index < -0.39 is 0 Å². The molecule has 5 nitrogen and oxygen atoms in total. The normalized spacial score (nSPS) is 10.1. The number of aromatic amines is 1. The lowest BCUT2D eigenvalue weighted by Crippen LogP contribution is -1.90. The van der Waals surface area contributed by atoms with Crippen molar-refractivity contribution in [3.8, 4) is 17.0 Å². The highest BCUT2D eigenvalue weighted by atomic mass is 16.3. The molecule has 0 radical (unpaired) electrons. The lowest BCUT2D eigenvalue weighted by Gasteiger charge is -1.98. The highest BCUT2D eigenvalue weighted by Crippen LogP contribution is 2.24. The molecule has 0 amide bonds. The van der Waals surface area contributed by atoms with Gasteiger partial charge in [-0.1, -0.05) is 0 Å². The second kappa shape index (κ2) is 3.45. The maximum absolute atomic E-state index is 10.8. The number of nitrogens with zero attached hydrogens (tertiary/aromatic N) is 1. The van der Waals surface area contributed by atoms with Crippen molar-refractivity contribution in [1.29, 1.82) is 0 Å². The third-order valence-electron chi connectivity index (χ3n) is 2.11. The lowest BCUT2D eigenvalue weighted by molar-refractivity contribution is 0.112. The lowest BCUT2D eigenvalue weighted by atomic mass is 10.1. The van der Waals surface area contributed by atoms with E-state index in [9.17, 15) is 4.79 Å². The minimum atomic E-state index is 0.166. The molecular formula is C10H9N3O2. The van der Waals surface area contributed by atoms with Gasteiger partial charge in [-0.25, -0.2) is 0 Å². The zero-order valence-corrected chi connectivity index (χ0v) is 7.77. The minimum absolute atomic E-state index is 0.166. The van der Waals surface area contributed by atoms with Gasteiger partial charge in [0.05, 0.1) is 11.3 Å². The Labute approximate surface area is 85.5 Å². The van der Waals surface area contributed by atoms with Gasteiger partial charge in [0, 0.05) is 5.56 Å². The number of carbonyl (C=O) groups is 1. The summed E-state index contributed by atoms with van der Waals surface area (Å²) < 4.78 is 0. The number of anilines is 1.